The van der Waals surface area contributed by atoms with Crippen molar-refractivity contribution < 1.29 is 4.79 Å². The molecule has 0 fully saturated rings. The van der Waals surface area contributed by atoms with E-state index in [1.165, 1.54) is 35.0 Å². The smallest absolute Gasteiger partial charge is 0.264 e. The Morgan fingerprint density at radius 2 is 1.90 bits per heavy atom. The first-order valence-corrected chi connectivity index (χ1v) is 9.01. The minimum Gasteiger partial charge on any atom is -0.325 e. The molecule has 0 aliphatic carbocycles. The van der Waals surface area contributed by atoms with Crippen molar-refractivity contribution in [1.29, 1.82) is 0 Å². The average Bonchev–Trinajstić information content (AvgIpc) is 2.76. The molecule has 4 rings (SSSR count). The number of anilines is 1. The summed E-state index contributed by atoms with van der Waals surface area (Å²) in [7, 11) is 0. The Bertz CT molecular complexity index is 1220. The molecule has 0 spiro atoms. The molecule has 0 atom stereocenters. The second kappa shape index (κ2) is 7.93. The summed E-state index contributed by atoms with van der Waals surface area (Å²) in [6.45, 7) is 1.90. The molecule has 1 N–H and O–H groups in total. The van der Waals surface area contributed by atoms with Gasteiger partial charge in [0, 0.05) is 24.3 Å². The summed E-state index contributed by atoms with van der Waals surface area (Å²) >= 11 is 0. The highest BCUT2D eigenvalue weighted by Crippen LogP contribution is 2.12. The van der Waals surface area contributed by atoms with E-state index in [1.54, 1.807) is 6.20 Å². The van der Waals surface area contributed by atoms with E-state index >= 15 is 0 Å². The van der Waals surface area contributed by atoms with Gasteiger partial charge in [0.2, 0.25) is 5.91 Å². The van der Waals surface area contributed by atoms with Gasteiger partial charge in [-0.25, -0.2) is 19.9 Å². The number of nitrogens with zero attached hydrogens (tertiary/aromatic N) is 6. The summed E-state index contributed by atoms with van der Waals surface area (Å²) in [5, 5.41) is 3.00. The maximum absolute atomic E-state index is 12.7. The van der Waals surface area contributed by atoms with E-state index < -0.39 is 5.56 Å². The number of hydrogen-bond acceptors (Lipinski definition) is 7. The van der Waals surface area contributed by atoms with Crippen LogP contribution in [-0.4, -0.2) is 35.4 Å². The van der Waals surface area contributed by atoms with Gasteiger partial charge in [-0.05, 0) is 24.1 Å². The van der Waals surface area contributed by atoms with E-state index in [4.69, 9.17) is 0 Å². The molecule has 3 heterocycles. The number of nitrogens with one attached hydrogen (secondary N) is 1. The van der Waals surface area contributed by atoms with E-state index in [1.807, 2.05) is 24.3 Å². The second-order valence-electron chi connectivity index (χ2n) is 6.30. The third-order valence-corrected chi connectivity index (χ3v) is 4.33. The molecule has 3 aromatic heterocycles. The van der Waals surface area contributed by atoms with E-state index in [2.05, 4.69) is 37.2 Å². The lowest BCUT2D eigenvalue weighted by molar-refractivity contribution is -0.116. The largest absolute Gasteiger partial charge is 0.325 e. The predicted octanol–water partition coefficient (Wildman–Crippen LogP) is 1.84. The molecule has 0 unspecified atom stereocenters. The van der Waals surface area contributed by atoms with Gasteiger partial charge in [-0.1, -0.05) is 19.1 Å². The topological polar surface area (TPSA) is 116 Å². The van der Waals surface area contributed by atoms with Crippen molar-refractivity contribution in [2.45, 2.75) is 19.9 Å². The minimum atomic E-state index is -0.392. The molecule has 1 amide bonds. The number of fused-ring (bicyclic) bond motifs is 1. The van der Waals surface area contributed by atoms with Crippen molar-refractivity contribution in [3.8, 4) is 11.5 Å². The summed E-state index contributed by atoms with van der Waals surface area (Å²) in [6, 6.07) is 7.57. The van der Waals surface area contributed by atoms with E-state index in [9.17, 15) is 9.59 Å². The van der Waals surface area contributed by atoms with Crippen molar-refractivity contribution in [3.05, 3.63) is 71.3 Å². The Morgan fingerprint density at radius 1 is 1.07 bits per heavy atom. The lowest BCUT2D eigenvalue weighted by atomic mass is 10.1. The lowest BCUT2D eigenvalue weighted by Crippen LogP contribution is -2.28. The molecule has 0 saturated heterocycles. The fourth-order valence-corrected chi connectivity index (χ4v) is 2.78. The monoisotopic (exact) mass is 387 g/mol. The molecule has 0 aliphatic rings. The molecule has 0 saturated carbocycles. The van der Waals surface area contributed by atoms with Crippen LogP contribution in [0.3, 0.4) is 0 Å². The minimum absolute atomic E-state index is 0.163. The van der Waals surface area contributed by atoms with Crippen LogP contribution in [0.2, 0.25) is 0 Å². The number of benzene rings is 1. The number of rotatable bonds is 5. The molecule has 9 heteroatoms. The zero-order valence-electron chi connectivity index (χ0n) is 15.6. The molecule has 0 bridgehead atoms. The third kappa shape index (κ3) is 3.98. The van der Waals surface area contributed by atoms with Gasteiger partial charge in [-0.2, -0.15) is 0 Å². The highest BCUT2D eigenvalue weighted by atomic mass is 16.2. The van der Waals surface area contributed by atoms with Gasteiger partial charge >= 0.3 is 0 Å². The first kappa shape index (κ1) is 18.4. The van der Waals surface area contributed by atoms with Gasteiger partial charge < -0.3 is 5.32 Å². The normalized spacial score (nSPS) is 10.8. The van der Waals surface area contributed by atoms with Gasteiger partial charge in [0.25, 0.3) is 5.56 Å². The molecule has 0 aliphatic heterocycles. The fraction of sp³-hybridized carbons (Fsp3) is 0.150. The van der Waals surface area contributed by atoms with Crippen molar-refractivity contribution in [2.24, 2.45) is 0 Å². The molecule has 0 radical (unpaired) electrons. The predicted molar refractivity (Wildman–Crippen MR) is 107 cm³/mol. The Kier molecular flexibility index (Phi) is 5.02. The maximum Gasteiger partial charge on any atom is 0.264 e. The SMILES string of the molecule is CCc1ccc(NC(=O)Cn2cnc3nc(-c4cnccn4)ncc3c2=O)cc1. The van der Waals surface area contributed by atoms with Crippen LogP contribution in [0, 0.1) is 0 Å². The second-order valence-corrected chi connectivity index (χ2v) is 6.30. The van der Waals surface area contributed by atoms with Crippen molar-refractivity contribution >= 4 is 22.6 Å². The average molecular weight is 387 g/mol. The van der Waals surface area contributed by atoms with Gasteiger partial charge in [-0.3, -0.25) is 19.1 Å². The molecule has 1 aromatic carbocycles. The number of carbonyl (C=O) groups is 1. The van der Waals surface area contributed by atoms with Gasteiger partial charge in [0.05, 0.1) is 6.20 Å². The van der Waals surface area contributed by atoms with Crippen molar-refractivity contribution in [1.82, 2.24) is 29.5 Å². The van der Waals surface area contributed by atoms with Crippen LogP contribution in [0.25, 0.3) is 22.6 Å². The Hall–Kier alpha value is -4.01. The molecular formula is C20H17N7O2. The quantitative estimate of drug-likeness (QED) is 0.555. The highest BCUT2D eigenvalue weighted by Gasteiger charge is 2.12. The van der Waals surface area contributed by atoms with E-state index in [0.717, 1.165) is 6.42 Å². The molecular weight excluding hydrogens is 370 g/mol. The van der Waals surface area contributed by atoms with Crippen LogP contribution in [0.5, 0.6) is 0 Å². The fourth-order valence-electron chi connectivity index (χ4n) is 2.78. The Morgan fingerprint density at radius 3 is 2.62 bits per heavy atom. The van der Waals surface area contributed by atoms with Crippen LogP contribution in [-0.2, 0) is 17.8 Å². The first-order valence-electron chi connectivity index (χ1n) is 9.01. The van der Waals surface area contributed by atoms with Gasteiger partial charge in [0.1, 0.15) is 24.0 Å². The number of amides is 1. The van der Waals surface area contributed by atoms with Crippen LogP contribution >= 0.6 is 0 Å². The molecule has 29 heavy (non-hydrogen) atoms. The number of hydrogen-bond donors (Lipinski definition) is 1. The highest BCUT2D eigenvalue weighted by molar-refractivity contribution is 5.90. The zero-order valence-corrected chi connectivity index (χ0v) is 15.6. The Labute approximate surface area is 165 Å². The van der Waals surface area contributed by atoms with Gasteiger partial charge in [0.15, 0.2) is 11.5 Å². The summed E-state index contributed by atoms with van der Waals surface area (Å²) in [4.78, 5) is 45.8. The number of aromatic nitrogens is 6. The maximum atomic E-state index is 12.7. The number of carbonyl (C=O) groups excluding carboxylic acids is 1. The molecule has 9 nitrogen and oxygen atoms in total. The summed E-state index contributed by atoms with van der Waals surface area (Å²) in [6.07, 6.45) is 8.22. The standard InChI is InChI=1S/C20H17N7O2/c1-2-13-3-5-14(6-4-13)25-17(28)11-27-12-24-18-15(20(27)29)9-23-19(26-18)16-10-21-7-8-22-16/h3-10,12H,2,11H2,1H3,(H,25,28). The lowest BCUT2D eigenvalue weighted by Gasteiger charge is -2.08. The zero-order chi connectivity index (χ0) is 20.2. The van der Waals surface area contributed by atoms with Crippen molar-refractivity contribution in [2.75, 3.05) is 5.32 Å². The van der Waals surface area contributed by atoms with Crippen molar-refractivity contribution in [3.63, 3.8) is 0 Å². The Balaban J connectivity index is 1.55. The summed E-state index contributed by atoms with van der Waals surface area (Å²) in [5.41, 5.74) is 2.17. The van der Waals surface area contributed by atoms with E-state index in [-0.39, 0.29) is 23.5 Å². The molecule has 144 valence electrons. The number of aryl methyl sites for hydroxylation is 1. The van der Waals surface area contributed by atoms with Crippen LogP contribution in [0.15, 0.2) is 60.2 Å². The van der Waals surface area contributed by atoms with Crippen LogP contribution < -0.4 is 10.9 Å². The van der Waals surface area contributed by atoms with Gasteiger partial charge in [-0.15, -0.1) is 0 Å². The first-order chi connectivity index (χ1) is 14.1. The van der Waals surface area contributed by atoms with E-state index in [0.29, 0.717) is 17.2 Å². The molecule has 4 aromatic rings. The van der Waals surface area contributed by atoms with Crippen LogP contribution in [0.4, 0.5) is 5.69 Å². The van der Waals surface area contributed by atoms with Crippen LogP contribution in [0.1, 0.15) is 12.5 Å². The summed E-state index contributed by atoms with van der Waals surface area (Å²) < 4.78 is 1.23. The third-order valence-electron chi connectivity index (χ3n) is 4.33. The summed E-state index contributed by atoms with van der Waals surface area (Å²) in [5.74, 6) is -0.00174.